The molecule has 4 rings (SSSR count). The summed E-state index contributed by atoms with van der Waals surface area (Å²) in [5, 5.41) is 0. The van der Waals surface area contributed by atoms with E-state index in [0.717, 1.165) is 6.42 Å². The van der Waals surface area contributed by atoms with E-state index in [0.29, 0.717) is 31.7 Å². The van der Waals surface area contributed by atoms with Crippen LogP contribution < -0.4 is 4.90 Å². The van der Waals surface area contributed by atoms with Gasteiger partial charge in [-0.3, -0.25) is 18.0 Å². The van der Waals surface area contributed by atoms with Crippen molar-refractivity contribution < 1.29 is 35.3 Å². The number of fused-ring (bicyclic) bond motifs is 1. The quantitative estimate of drug-likeness (QED) is 0.539. The standard InChI is InChI=1S/C18H22N2O8S2/c1-26-10-12-3-2-7-20(12)30(24,25)14-4-5-16-15(9-14)17(21)18(22)19(16)8-6-13-11-27-29(23)28-13/h4-5,9,12-13H,2-3,6-8,10-11H2,1H3/t12-,13+,29?/m0/s1. The van der Waals surface area contributed by atoms with Crippen molar-refractivity contribution in [2.75, 3.05) is 38.3 Å². The second kappa shape index (κ2) is 8.44. The van der Waals surface area contributed by atoms with Crippen molar-refractivity contribution in [1.29, 1.82) is 0 Å². The lowest BCUT2D eigenvalue weighted by molar-refractivity contribution is -0.114. The third kappa shape index (κ3) is 3.83. The van der Waals surface area contributed by atoms with Crippen molar-refractivity contribution in [3.8, 4) is 0 Å². The minimum atomic E-state index is -3.82. The molecule has 3 atom stereocenters. The van der Waals surface area contributed by atoms with Crippen molar-refractivity contribution >= 4 is 38.8 Å². The van der Waals surface area contributed by atoms with Gasteiger partial charge in [0, 0.05) is 26.2 Å². The highest BCUT2D eigenvalue weighted by Gasteiger charge is 2.40. The first kappa shape index (κ1) is 21.5. The summed E-state index contributed by atoms with van der Waals surface area (Å²) in [7, 11) is -2.30. The van der Waals surface area contributed by atoms with E-state index in [1.165, 1.54) is 34.5 Å². The molecule has 2 saturated heterocycles. The van der Waals surface area contributed by atoms with Crippen molar-refractivity contribution in [2.45, 2.75) is 36.3 Å². The number of sulfonamides is 1. The Balaban J connectivity index is 1.56. The normalized spacial score (nSPS) is 27.2. The summed E-state index contributed by atoms with van der Waals surface area (Å²) >= 11 is -1.79. The van der Waals surface area contributed by atoms with Crippen LogP contribution in [-0.2, 0) is 39.3 Å². The van der Waals surface area contributed by atoms with Crippen LogP contribution in [0.15, 0.2) is 23.1 Å². The number of benzene rings is 1. The van der Waals surface area contributed by atoms with E-state index in [-0.39, 0.29) is 29.7 Å². The third-order valence-electron chi connectivity index (χ3n) is 5.47. The van der Waals surface area contributed by atoms with Crippen molar-refractivity contribution in [1.82, 2.24) is 4.31 Å². The number of rotatable bonds is 7. The Labute approximate surface area is 177 Å². The fraction of sp³-hybridized carbons (Fsp3) is 0.556. The number of hydrogen-bond acceptors (Lipinski definition) is 8. The first-order valence-electron chi connectivity index (χ1n) is 9.56. The van der Waals surface area contributed by atoms with Gasteiger partial charge in [0.05, 0.1) is 29.4 Å². The van der Waals surface area contributed by atoms with Gasteiger partial charge in [0.2, 0.25) is 10.0 Å². The maximum Gasteiger partial charge on any atom is 0.305 e. The van der Waals surface area contributed by atoms with Crippen LogP contribution in [0.3, 0.4) is 0 Å². The second-order valence-corrected chi connectivity index (χ2v) is 10.1. The smallest absolute Gasteiger partial charge is 0.305 e. The Hall–Kier alpha value is -1.70. The van der Waals surface area contributed by atoms with E-state index in [2.05, 4.69) is 0 Å². The molecule has 3 heterocycles. The van der Waals surface area contributed by atoms with E-state index in [1.54, 1.807) is 0 Å². The fourth-order valence-electron chi connectivity index (χ4n) is 3.98. The average Bonchev–Trinajstić information content (AvgIpc) is 3.41. The van der Waals surface area contributed by atoms with Gasteiger partial charge in [-0.15, -0.1) is 0 Å². The molecule has 0 bridgehead atoms. The van der Waals surface area contributed by atoms with Gasteiger partial charge in [0.1, 0.15) is 6.10 Å². The molecule has 30 heavy (non-hydrogen) atoms. The minimum absolute atomic E-state index is 0.0184. The van der Waals surface area contributed by atoms with Crippen LogP contribution in [-0.4, -0.2) is 74.2 Å². The molecule has 12 heteroatoms. The van der Waals surface area contributed by atoms with E-state index in [1.807, 2.05) is 0 Å². The van der Waals surface area contributed by atoms with Crippen LogP contribution >= 0.6 is 0 Å². The van der Waals surface area contributed by atoms with Crippen LogP contribution in [0.4, 0.5) is 5.69 Å². The third-order valence-corrected chi connectivity index (χ3v) is 8.18. The molecule has 10 nitrogen and oxygen atoms in total. The molecule has 2 fully saturated rings. The number of carbonyl (C=O) groups is 2. The Morgan fingerprint density at radius 3 is 2.80 bits per heavy atom. The Kier molecular flexibility index (Phi) is 6.06. The summed E-state index contributed by atoms with van der Waals surface area (Å²) in [5.74, 6) is -1.47. The molecule has 3 aliphatic rings. The molecule has 3 aliphatic heterocycles. The Morgan fingerprint density at radius 2 is 2.10 bits per heavy atom. The average molecular weight is 459 g/mol. The van der Waals surface area contributed by atoms with E-state index in [9.17, 15) is 22.2 Å². The highest BCUT2D eigenvalue weighted by molar-refractivity contribution is 7.89. The first-order chi connectivity index (χ1) is 14.3. The zero-order valence-electron chi connectivity index (χ0n) is 16.3. The SMILES string of the molecule is COC[C@@H]1CCCN1S(=O)(=O)c1ccc2c(c1)C(=O)C(=O)N2CC[C@@H]1COS(=O)O1. The number of Topliss-reactive ketones (excluding diaryl/α,β-unsaturated/α-hetero) is 1. The second-order valence-electron chi connectivity index (χ2n) is 7.33. The Bertz CT molecular complexity index is 996. The van der Waals surface area contributed by atoms with Crippen LogP contribution in [0.5, 0.6) is 0 Å². The molecule has 164 valence electrons. The molecule has 1 aromatic rings. The molecule has 0 aliphatic carbocycles. The predicted octanol–water partition coefficient (Wildman–Crippen LogP) is 0.400. The molecular formula is C18H22N2O8S2. The lowest BCUT2D eigenvalue weighted by Crippen LogP contribution is -2.38. The summed E-state index contributed by atoms with van der Waals surface area (Å²) < 4.78 is 53.8. The first-order valence-corrected chi connectivity index (χ1v) is 12.0. The lowest BCUT2D eigenvalue weighted by atomic mass is 10.1. The number of ether oxygens (including phenoxy) is 1. The lowest BCUT2D eigenvalue weighted by Gasteiger charge is -2.24. The van der Waals surface area contributed by atoms with Gasteiger partial charge in [0.15, 0.2) is 0 Å². The maximum atomic E-state index is 13.1. The fourth-order valence-corrected chi connectivity index (χ4v) is 6.38. The van der Waals surface area contributed by atoms with Crippen LogP contribution in [0.25, 0.3) is 0 Å². The van der Waals surface area contributed by atoms with E-state index < -0.39 is 39.2 Å². The minimum Gasteiger partial charge on any atom is -0.383 e. The molecule has 1 aromatic carbocycles. The Morgan fingerprint density at radius 1 is 1.30 bits per heavy atom. The van der Waals surface area contributed by atoms with Crippen molar-refractivity contribution in [3.05, 3.63) is 23.8 Å². The van der Waals surface area contributed by atoms with E-state index >= 15 is 0 Å². The van der Waals surface area contributed by atoms with Gasteiger partial charge >= 0.3 is 11.4 Å². The van der Waals surface area contributed by atoms with Gasteiger partial charge in [-0.2, -0.15) is 8.51 Å². The summed E-state index contributed by atoms with van der Waals surface area (Å²) in [5.41, 5.74) is 0.426. The highest BCUT2D eigenvalue weighted by Crippen LogP contribution is 2.34. The zero-order valence-corrected chi connectivity index (χ0v) is 17.9. The number of nitrogens with zero attached hydrogens (tertiary/aromatic N) is 2. The summed E-state index contributed by atoms with van der Waals surface area (Å²) in [6.07, 6.45) is 1.34. The maximum absolute atomic E-state index is 13.1. The number of methoxy groups -OCH3 is 1. The van der Waals surface area contributed by atoms with Crippen molar-refractivity contribution in [2.24, 2.45) is 0 Å². The van der Waals surface area contributed by atoms with E-state index in [4.69, 9.17) is 13.1 Å². The molecule has 0 spiro atoms. The van der Waals surface area contributed by atoms with Crippen LogP contribution in [0.1, 0.15) is 29.6 Å². The molecular weight excluding hydrogens is 436 g/mol. The molecule has 0 radical (unpaired) electrons. The van der Waals surface area contributed by atoms with Gasteiger partial charge in [0.25, 0.3) is 11.7 Å². The zero-order chi connectivity index (χ0) is 21.5. The van der Waals surface area contributed by atoms with Gasteiger partial charge in [-0.25, -0.2) is 8.42 Å². The van der Waals surface area contributed by atoms with Crippen LogP contribution in [0.2, 0.25) is 0 Å². The molecule has 0 aromatic heterocycles. The number of anilines is 1. The van der Waals surface area contributed by atoms with Gasteiger partial charge in [-0.05, 0) is 37.5 Å². The summed E-state index contributed by atoms with van der Waals surface area (Å²) in [6, 6.07) is 3.93. The molecule has 1 amide bonds. The number of hydrogen-bond donors (Lipinski definition) is 0. The number of amides is 1. The predicted molar refractivity (Wildman–Crippen MR) is 105 cm³/mol. The van der Waals surface area contributed by atoms with Gasteiger partial charge < -0.3 is 9.64 Å². The molecule has 1 unspecified atom stereocenters. The van der Waals surface area contributed by atoms with Crippen LogP contribution in [0, 0.1) is 0 Å². The summed E-state index contributed by atoms with van der Waals surface area (Å²) in [6.45, 7) is 0.992. The topological polar surface area (TPSA) is 120 Å². The largest absolute Gasteiger partial charge is 0.383 e. The number of ketones is 1. The van der Waals surface area contributed by atoms with Crippen molar-refractivity contribution in [3.63, 3.8) is 0 Å². The number of carbonyl (C=O) groups excluding carboxylic acids is 2. The summed E-state index contributed by atoms with van der Waals surface area (Å²) in [4.78, 5) is 26.2. The molecule has 0 N–H and O–H groups in total. The molecule has 0 saturated carbocycles. The van der Waals surface area contributed by atoms with Gasteiger partial charge in [-0.1, -0.05) is 0 Å². The highest BCUT2D eigenvalue weighted by atomic mass is 32.2. The monoisotopic (exact) mass is 458 g/mol.